The first kappa shape index (κ1) is 13.7. The second-order valence-corrected chi connectivity index (χ2v) is 4.97. The van der Waals surface area contributed by atoms with Crippen molar-refractivity contribution in [1.82, 2.24) is 0 Å². The predicted molar refractivity (Wildman–Crippen MR) is 52.0 cm³/mol. The highest BCUT2D eigenvalue weighted by Crippen LogP contribution is 2.29. The van der Waals surface area contributed by atoms with Crippen molar-refractivity contribution in [2.45, 2.75) is 25.8 Å². The van der Waals surface area contributed by atoms with E-state index in [1.54, 1.807) is 6.92 Å². The van der Waals surface area contributed by atoms with E-state index in [9.17, 15) is 21.6 Å². The van der Waals surface area contributed by atoms with Gasteiger partial charge in [-0.2, -0.15) is 26.7 Å². The van der Waals surface area contributed by atoms with Crippen LogP contribution in [0.3, 0.4) is 0 Å². The normalized spacial score (nSPS) is 17.8. The summed E-state index contributed by atoms with van der Waals surface area (Å²) in [5, 5.41) is 6.68. The monoisotopic (exact) mass is 270 g/mol. The maximum absolute atomic E-state index is 12.1. The lowest BCUT2D eigenvalue weighted by Crippen LogP contribution is -2.25. The minimum Gasteiger partial charge on any atom is -0.354 e. The number of hydrogen-bond acceptors (Lipinski definition) is 5. The Morgan fingerprint density at radius 3 is 2.47 bits per heavy atom. The second kappa shape index (κ2) is 4.47. The summed E-state index contributed by atoms with van der Waals surface area (Å²) in [6.07, 6.45) is 1.57. The molecule has 0 bridgehead atoms. The molecule has 0 saturated heterocycles. The van der Waals surface area contributed by atoms with E-state index in [0.29, 0.717) is 0 Å². The standard InChI is InChI=1S/C8H9F3N2O3S/c1-5-3-6(2)7(13-12-4-5)16-17(14,15)8(9,10)11/h4H,3H2,1-2H3. The van der Waals surface area contributed by atoms with Crippen molar-refractivity contribution in [3.8, 4) is 0 Å². The summed E-state index contributed by atoms with van der Waals surface area (Å²) in [7, 11) is -5.70. The van der Waals surface area contributed by atoms with E-state index >= 15 is 0 Å². The van der Waals surface area contributed by atoms with Crippen molar-refractivity contribution in [2.75, 3.05) is 0 Å². The van der Waals surface area contributed by atoms with E-state index in [1.165, 1.54) is 13.1 Å². The lowest BCUT2D eigenvalue weighted by atomic mass is 10.1. The summed E-state index contributed by atoms with van der Waals surface area (Å²) in [5.41, 5.74) is -4.49. The van der Waals surface area contributed by atoms with Crippen LogP contribution in [0.15, 0.2) is 33.5 Å². The van der Waals surface area contributed by atoms with E-state index in [1.807, 2.05) is 0 Å². The summed E-state index contributed by atoms with van der Waals surface area (Å²) in [6, 6.07) is 0. The molecule has 0 atom stereocenters. The topological polar surface area (TPSA) is 68.1 Å². The molecule has 1 rings (SSSR count). The molecule has 0 aromatic carbocycles. The molecular formula is C8H9F3N2O3S. The minimum atomic E-state index is -5.70. The molecule has 1 heterocycles. The van der Waals surface area contributed by atoms with Gasteiger partial charge in [0.15, 0.2) is 0 Å². The Hall–Kier alpha value is -1.38. The second-order valence-electron chi connectivity index (χ2n) is 3.44. The highest BCUT2D eigenvalue weighted by Gasteiger charge is 2.49. The zero-order valence-corrected chi connectivity index (χ0v) is 9.76. The SMILES string of the molecule is CC1=CN=NC(OS(=O)(=O)C(F)(F)F)=C(C)C1. The fourth-order valence-electron chi connectivity index (χ4n) is 1.04. The van der Waals surface area contributed by atoms with E-state index in [-0.39, 0.29) is 12.0 Å². The third kappa shape index (κ3) is 3.29. The fraction of sp³-hybridized carbons (Fsp3) is 0.500. The number of alkyl halides is 3. The van der Waals surface area contributed by atoms with Crippen LogP contribution in [0, 0.1) is 0 Å². The Bertz CT molecular complexity index is 503. The fourth-order valence-corrected chi connectivity index (χ4v) is 1.52. The quantitative estimate of drug-likeness (QED) is 0.572. The highest BCUT2D eigenvalue weighted by molar-refractivity contribution is 7.87. The van der Waals surface area contributed by atoms with Crippen molar-refractivity contribution in [2.24, 2.45) is 10.2 Å². The zero-order valence-electron chi connectivity index (χ0n) is 8.95. The lowest BCUT2D eigenvalue weighted by Gasteiger charge is -2.10. The molecule has 5 nitrogen and oxygen atoms in total. The van der Waals surface area contributed by atoms with Crippen LogP contribution in [0.5, 0.6) is 0 Å². The van der Waals surface area contributed by atoms with Gasteiger partial charge < -0.3 is 4.18 Å². The van der Waals surface area contributed by atoms with Gasteiger partial charge in [-0.3, -0.25) is 0 Å². The van der Waals surface area contributed by atoms with Crippen LogP contribution >= 0.6 is 0 Å². The molecule has 0 radical (unpaired) electrons. The van der Waals surface area contributed by atoms with Crippen LogP contribution < -0.4 is 0 Å². The summed E-state index contributed by atoms with van der Waals surface area (Å²) < 4.78 is 61.7. The van der Waals surface area contributed by atoms with Crippen LogP contribution in [0.25, 0.3) is 0 Å². The van der Waals surface area contributed by atoms with Gasteiger partial charge in [0.2, 0.25) is 0 Å². The van der Waals surface area contributed by atoms with E-state index < -0.39 is 21.5 Å². The van der Waals surface area contributed by atoms with Crippen molar-refractivity contribution >= 4 is 10.1 Å². The molecular weight excluding hydrogens is 261 g/mol. The molecule has 0 amide bonds. The number of azo groups is 1. The van der Waals surface area contributed by atoms with E-state index in [4.69, 9.17) is 0 Å². The lowest BCUT2D eigenvalue weighted by molar-refractivity contribution is -0.0523. The molecule has 0 fully saturated rings. The van der Waals surface area contributed by atoms with Gasteiger partial charge in [-0.25, -0.2) is 0 Å². The van der Waals surface area contributed by atoms with Crippen molar-refractivity contribution in [3.63, 3.8) is 0 Å². The van der Waals surface area contributed by atoms with Gasteiger partial charge in [0.05, 0.1) is 0 Å². The van der Waals surface area contributed by atoms with Gasteiger partial charge in [0.25, 0.3) is 5.88 Å². The predicted octanol–water partition coefficient (Wildman–Crippen LogP) is 2.84. The van der Waals surface area contributed by atoms with Gasteiger partial charge >= 0.3 is 15.6 Å². The molecule has 0 spiro atoms. The smallest absolute Gasteiger partial charge is 0.354 e. The zero-order chi connectivity index (χ0) is 13.3. The average molecular weight is 270 g/mol. The number of nitrogens with zero attached hydrogens (tertiary/aromatic N) is 2. The number of halogens is 3. The molecule has 0 aromatic rings. The van der Waals surface area contributed by atoms with Crippen LogP contribution in [0.4, 0.5) is 13.2 Å². The van der Waals surface area contributed by atoms with Crippen LogP contribution in [-0.4, -0.2) is 13.9 Å². The Balaban J connectivity index is 3.02. The highest BCUT2D eigenvalue weighted by atomic mass is 32.2. The molecule has 17 heavy (non-hydrogen) atoms. The largest absolute Gasteiger partial charge is 0.534 e. The first-order valence-electron chi connectivity index (χ1n) is 4.40. The summed E-state index contributed by atoms with van der Waals surface area (Å²) in [4.78, 5) is 0. The Labute approximate surface area is 95.8 Å². The van der Waals surface area contributed by atoms with Gasteiger partial charge in [0.1, 0.15) is 0 Å². The first-order chi connectivity index (χ1) is 7.63. The summed E-state index contributed by atoms with van der Waals surface area (Å²) in [6.45, 7) is 3.10. The molecule has 0 aromatic heterocycles. The number of allylic oxidation sites excluding steroid dienone is 2. The molecule has 1 aliphatic heterocycles. The van der Waals surface area contributed by atoms with Gasteiger partial charge in [-0.15, -0.1) is 5.11 Å². The van der Waals surface area contributed by atoms with Crippen molar-refractivity contribution < 1.29 is 25.8 Å². The minimum absolute atomic E-state index is 0.246. The first-order valence-corrected chi connectivity index (χ1v) is 5.81. The molecule has 0 saturated carbocycles. The molecule has 0 aliphatic carbocycles. The molecule has 96 valence electrons. The van der Waals surface area contributed by atoms with E-state index in [0.717, 1.165) is 5.57 Å². The van der Waals surface area contributed by atoms with Crippen LogP contribution in [0.1, 0.15) is 20.3 Å². The maximum atomic E-state index is 12.1. The summed E-state index contributed by atoms with van der Waals surface area (Å²) >= 11 is 0. The van der Waals surface area contributed by atoms with Gasteiger partial charge in [0, 0.05) is 6.20 Å². The third-order valence-electron chi connectivity index (χ3n) is 1.81. The number of rotatable bonds is 2. The van der Waals surface area contributed by atoms with Gasteiger partial charge in [-0.05, 0) is 31.4 Å². The van der Waals surface area contributed by atoms with Crippen molar-refractivity contribution in [1.29, 1.82) is 0 Å². The molecule has 0 N–H and O–H groups in total. The maximum Gasteiger partial charge on any atom is 0.534 e. The third-order valence-corrected chi connectivity index (χ3v) is 2.75. The summed E-state index contributed by atoms with van der Waals surface area (Å²) in [5.74, 6) is -0.643. The van der Waals surface area contributed by atoms with E-state index in [2.05, 4.69) is 14.4 Å². The Kier molecular flexibility index (Phi) is 3.60. The molecule has 1 aliphatic rings. The van der Waals surface area contributed by atoms with Crippen LogP contribution in [-0.2, 0) is 14.3 Å². The van der Waals surface area contributed by atoms with Crippen LogP contribution in [0.2, 0.25) is 0 Å². The molecule has 9 heteroatoms. The average Bonchev–Trinajstić information content (AvgIpc) is 2.26. The Morgan fingerprint density at radius 1 is 1.35 bits per heavy atom. The van der Waals surface area contributed by atoms with Gasteiger partial charge in [-0.1, -0.05) is 0 Å². The van der Waals surface area contributed by atoms with Crippen molar-refractivity contribution in [3.05, 3.63) is 23.2 Å². The Morgan fingerprint density at radius 2 is 1.94 bits per heavy atom. The molecule has 0 unspecified atom stereocenters. The number of hydrogen-bond donors (Lipinski definition) is 0.